The topological polar surface area (TPSA) is 66.0 Å². The molecule has 3 aliphatic rings. The van der Waals surface area contributed by atoms with Crippen molar-refractivity contribution in [2.75, 3.05) is 19.8 Å². The molecule has 0 aromatic heterocycles. The Hall–Kier alpha value is -0.850. The highest BCUT2D eigenvalue weighted by molar-refractivity contribution is 5.68. The van der Waals surface area contributed by atoms with Crippen LogP contribution in [0.2, 0.25) is 0 Å². The Morgan fingerprint density at radius 2 is 1.75 bits per heavy atom. The molecule has 0 aromatic carbocycles. The maximum Gasteiger partial charge on any atom is 0.408 e. The third kappa shape index (κ3) is 3.24. The molecule has 3 aliphatic heterocycles. The van der Waals surface area contributed by atoms with Crippen molar-refractivity contribution >= 4 is 6.09 Å². The van der Waals surface area contributed by atoms with Crippen LogP contribution < -0.4 is 5.32 Å². The van der Waals surface area contributed by atoms with Crippen LogP contribution >= 0.6 is 0 Å². The van der Waals surface area contributed by atoms with E-state index in [4.69, 9.17) is 18.9 Å². The number of ether oxygens (including phenoxy) is 4. The fraction of sp³-hybridized carbons (Fsp3) is 0.929. The lowest BCUT2D eigenvalue weighted by Crippen LogP contribution is -2.67. The first-order valence-electron chi connectivity index (χ1n) is 7.09. The first-order chi connectivity index (χ1) is 9.18. The first kappa shape index (κ1) is 15.5. The summed E-state index contributed by atoms with van der Waals surface area (Å²) in [5.41, 5.74) is -0.633. The Labute approximate surface area is 120 Å². The smallest absolute Gasteiger partial charge is 0.408 e. The van der Waals surface area contributed by atoms with Gasteiger partial charge in [-0.2, -0.15) is 0 Å². The number of hydrogen-bond donors (Lipinski definition) is 1. The van der Waals surface area contributed by atoms with Crippen LogP contribution in [-0.2, 0) is 18.9 Å². The second-order valence-corrected chi connectivity index (χ2v) is 6.89. The molecule has 2 bridgehead atoms. The highest BCUT2D eigenvalue weighted by Crippen LogP contribution is 2.40. The van der Waals surface area contributed by atoms with E-state index < -0.39 is 23.7 Å². The lowest BCUT2D eigenvalue weighted by molar-refractivity contribution is -0.473. The minimum atomic E-state index is -1.18. The third-order valence-electron chi connectivity index (χ3n) is 3.39. The number of rotatable bonds is 3. The van der Waals surface area contributed by atoms with Gasteiger partial charge in [0.15, 0.2) is 0 Å². The summed E-state index contributed by atoms with van der Waals surface area (Å²) in [4.78, 5) is 11.9. The molecule has 1 amide bonds. The summed E-state index contributed by atoms with van der Waals surface area (Å²) in [5, 5.41) is 2.79. The molecule has 3 heterocycles. The average molecular weight is 287 g/mol. The van der Waals surface area contributed by atoms with Gasteiger partial charge in [-0.1, -0.05) is 13.8 Å². The molecular weight excluding hydrogens is 262 g/mol. The molecule has 0 radical (unpaired) electrons. The maximum absolute atomic E-state index is 11.9. The second kappa shape index (κ2) is 5.16. The van der Waals surface area contributed by atoms with E-state index in [1.807, 2.05) is 27.7 Å². The molecule has 3 saturated heterocycles. The Kier molecular flexibility index (Phi) is 4.01. The van der Waals surface area contributed by atoms with Gasteiger partial charge >= 0.3 is 12.1 Å². The molecule has 0 aliphatic carbocycles. The summed E-state index contributed by atoms with van der Waals surface area (Å²) in [6.07, 6.45) is 0.129. The fourth-order valence-corrected chi connectivity index (χ4v) is 2.27. The standard InChI is InChI=1S/C14H25NO5/c1-6-10(15-11(16)20-12(2,3)4)14-17-7-13(5,8-18-14)9-19-14/h10H,6-9H2,1-5H3,(H,15,16)/t10-,13?,14?/m0/s1. The summed E-state index contributed by atoms with van der Waals surface area (Å²) < 4.78 is 22.5. The van der Waals surface area contributed by atoms with Crippen molar-refractivity contribution in [2.45, 2.75) is 58.7 Å². The monoisotopic (exact) mass is 287 g/mol. The van der Waals surface area contributed by atoms with Crippen LogP contribution in [0.25, 0.3) is 0 Å². The van der Waals surface area contributed by atoms with Gasteiger partial charge in [0.1, 0.15) is 11.6 Å². The molecular formula is C14H25NO5. The minimum Gasteiger partial charge on any atom is -0.444 e. The normalized spacial score (nSPS) is 34.6. The quantitative estimate of drug-likeness (QED) is 0.860. The maximum atomic E-state index is 11.9. The summed E-state index contributed by atoms with van der Waals surface area (Å²) in [5.74, 6) is -1.18. The van der Waals surface area contributed by atoms with Crippen molar-refractivity contribution in [3.8, 4) is 0 Å². The summed E-state index contributed by atoms with van der Waals surface area (Å²) in [6.45, 7) is 11.2. The van der Waals surface area contributed by atoms with Gasteiger partial charge in [0.25, 0.3) is 0 Å². The molecule has 0 spiro atoms. The van der Waals surface area contributed by atoms with Crippen molar-refractivity contribution < 1.29 is 23.7 Å². The molecule has 0 aromatic rings. The zero-order valence-corrected chi connectivity index (χ0v) is 12.9. The SMILES string of the molecule is CC[C@H](NC(=O)OC(C)(C)C)C12OCC(C)(CO1)CO2. The van der Waals surface area contributed by atoms with Crippen LogP contribution in [0.1, 0.15) is 41.0 Å². The average Bonchev–Trinajstić information content (AvgIpc) is 2.35. The number of alkyl carbamates (subject to hydrolysis) is 1. The zero-order chi connectivity index (χ0) is 15.0. The molecule has 116 valence electrons. The zero-order valence-electron chi connectivity index (χ0n) is 12.9. The molecule has 3 fully saturated rings. The molecule has 6 heteroatoms. The van der Waals surface area contributed by atoms with E-state index in [-0.39, 0.29) is 5.41 Å². The summed E-state index contributed by atoms with van der Waals surface area (Å²) in [7, 11) is 0. The predicted octanol–water partition coefficient (Wildman–Crippen LogP) is 2.03. The van der Waals surface area contributed by atoms with Gasteiger partial charge in [-0.05, 0) is 27.2 Å². The van der Waals surface area contributed by atoms with E-state index in [9.17, 15) is 4.79 Å². The Bertz CT molecular complexity index is 352. The lowest BCUT2D eigenvalue weighted by Gasteiger charge is -2.52. The number of nitrogens with one attached hydrogen (secondary N) is 1. The van der Waals surface area contributed by atoms with Gasteiger partial charge in [0.05, 0.1) is 19.8 Å². The van der Waals surface area contributed by atoms with Crippen molar-refractivity contribution in [3.05, 3.63) is 0 Å². The molecule has 1 N–H and O–H groups in total. The van der Waals surface area contributed by atoms with Crippen LogP contribution in [0.3, 0.4) is 0 Å². The van der Waals surface area contributed by atoms with Gasteiger partial charge in [0, 0.05) is 5.41 Å². The number of fused-ring (bicyclic) bond motifs is 3. The molecule has 0 saturated carbocycles. The van der Waals surface area contributed by atoms with E-state index in [1.165, 1.54) is 0 Å². The van der Waals surface area contributed by atoms with E-state index in [2.05, 4.69) is 12.2 Å². The van der Waals surface area contributed by atoms with Gasteiger partial charge in [-0.3, -0.25) is 0 Å². The minimum absolute atomic E-state index is 0.0913. The molecule has 1 atom stereocenters. The molecule has 20 heavy (non-hydrogen) atoms. The predicted molar refractivity (Wildman–Crippen MR) is 72.1 cm³/mol. The molecule has 0 unspecified atom stereocenters. The lowest BCUT2D eigenvalue weighted by atomic mass is 9.91. The van der Waals surface area contributed by atoms with Crippen LogP contribution in [-0.4, -0.2) is 43.5 Å². The largest absolute Gasteiger partial charge is 0.444 e. The van der Waals surface area contributed by atoms with Gasteiger partial charge in [-0.25, -0.2) is 4.79 Å². The number of carbonyl (C=O) groups is 1. The number of carbonyl (C=O) groups excluding carboxylic acids is 1. The van der Waals surface area contributed by atoms with Crippen LogP contribution in [0, 0.1) is 5.41 Å². The summed E-state index contributed by atoms with van der Waals surface area (Å²) in [6, 6.07) is -0.401. The van der Waals surface area contributed by atoms with Crippen LogP contribution in [0.15, 0.2) is 0 Å². The van der Waals surface area contributed by atoms with Crippen LogP contribution in [0.4, 0.5) is 4.79 Å². The van der Waals surface area contributed by atoms with Crippen molar-refractivity contribution in [1.82, 2.24) is 5.32 Å². The van der Waals surface area contributed by atoms with E-state index in [0.717, 1.165) is 0 Å². The van der Waals surface area contributed by atoms with E-state index >= 15 is 0 Å². The molecule has 6 nitrogen and oxygen atoms in total. The highest BCUT2D eigenvalue weighted by Gasteiger charge is 2.55. The van der Waals surface area contributed by atoms with Gasteiger partial charge < -0.3 is 24.3 Å². The van der Waals surface area contributed by atoms with Crippen LogP contribution in [0.5, 0.6) is 0 Å². The number of amides is 1. The van der Waals surface area contributed by atoms with E-state index in [0.29, 0.717) is 26.2 Å². The third-order valence-corrected chi connectivity index (χ3v) is 3.39. The Morgan fingerprint density at radius 3 is 2.15 bits per heavy atom. The van der Waals surface area contributed by atoms with Crippen molar-refractivity contribution in [1.29, 1.82) is 0 Å². The van der Waals surface area contributed by atoms with Crippen molar-refractivity contribution in [2.24, 2.45) is 5.41 Å². The Balaban J connectivity index is 2.00. The number of hydrogen-bond acceptors (Lipinski definition) is 5. The van der Waals surface area contributed by atoms with Crippen molar-refractivity contribution in [3.63, 3.8) is 0 Å². The van der Waals surface area contributed by atoms with Gasteiger partial charge in [-0.15, -0.1) is 0 Å². The van der Waals surface area contributed by atoms with Gasteiger partial charge in [0.2, 0.25) is 0 Å². The first-order valence-corrected chi connectivity index (χ1v) is 7.09. The Morgan fingerprint density at radius 1 is 1.25 bits per heavy atom. The second-order valence-electron chi connectivity index (χ2n) is 6.89. The van der Waals surface area contributed by atoms with E-state index in [1.54, 1.807) is 0 Å². The molecule has 3 rings (SSSR count). The summed E-state index contributed by atoms with van der Waals surface area (Å²) >= 11 is 0. The highest BCUT2D eigenvalue weighted by atomic mass is 16.9. The fourth-order valence-electron chi connectivity index (χ4n) is 2.27.